The summed E-state index contributed by atoms with van der Waals surface area (Å²) in [5.41, 5.74) is 7.64. The van der Waals surface area contributed by atoms with Gasteiger partial charge in [0, 0.05) is 18.3 Å². The standard InChI is InChI=1S/C12H14N4O2/c13-6-5-11-7-14-15(9-11)8-10-1-3-12(4-2-10)16(17)18/h1-4,7,9H,5-6,8,13H2. The van der Waals surface area contributed by atoms with Gasteiger partial charge >= 0.3 is 0 Å². The Bertz CT molecular complexity index is 533. The fourth-order valence-electron chi connectivity index (χ4n) is 1.70. The van der Waals surface area contributed by atoms with E-state index < -0.39 is 4.92 Å². The van der Waals surface area contributed by atoms with E-state index in [1.807, 2.05) is 6.20 Å². The number of aromatic nitrogens is 2. The zero-order chi connectivity index (χ0) is 13.0. The van der Waals surface area contributed by atoms with Crippen LogP contribution in [0.4, 0.5) is 5.69 Å². The first kappa shape index (κ1) is 12.3. The molecule has 0 atom stereocenters. The van der Waals surface area contributed by atoms with Crippen LogP contribution in [0.25, 0.3) is 0 Å². The van der Waals surface area contributed by atoms with E-state index >= 15 is 0 Å². The number of rotatable bonds is 5. The van der Waals surface area contributed by atoms with Crippen LogP contribution in [0.3, 0.4) is 0 Å². The van der Waals surface area contributed by atoms with Crippen LogP contribution in [0.5, 0.6) is 0 Å². The smallest absolute Gasteiger partial charge is 0.269 e. The summed E-state index contributed by atoms with van der Waals surface area (Å²) in [6, 6.07) is 6.48. The van der Waals surface area contributed by atoms with Crippen LogP contribution >= 0.6 is 0 Å². The summed E-state index contributed by atoms with van der Waals surface area (Å²) in [6.07, 6.45) is 4.53. The summed E-state index contributed by atoms with van der Waals surface area (Å²) in [4.78, 5) is 10.1. The number of nitrogens with zero attached hydrogens (tertiary/aromatic N) is 3. The van der Waals surface area contributed by atoms with Crippen LogP contribution in [0.15, 0.2) is 36.7 Å². The van der Waals surface area contributed by atoms with Crippen molar-refractivity contribution >= 4 is 5.69 Å². The minimum atomic E-state index is -0.406. The van der Waals surface area contributed by atoms with E-state index in [9.17, 15) is 10.1 Å². The zero-order valence-electron chi connectivity index (χ0n) is 9.82. The van der Waals surface area contributed by atoms with Crippen molar-refractivity contribution in [2.24, 2.45) is 5.73 Å². The first-order valence-corrected chi connectivity index (χ1v) is 5.64. The molecule has 1 aromatic heterocycles. The Morgan fingerprint density at radius 1 is 1.28 bits per heavy atom. The molecule has 0 saturated heterocycles. The van der Waals surface area contributed by atoms with Crippen LogP contribution in [-0.4, -0.2) is 21.2 Å². The average molecular weight is 246 g/mol. The third-order valence-corrected chi connectivity index (χ3v) is 2.61. The van der Waals surface area contributed by atoms with Crippen LogP contribution < -0.4 is 5.73 Å². The van der Waals surface area contributed by atoms with Gasteiger partial charge in [-0.05, 0) is 24.1 Å². The molecular formula is C12H14N4O2. The van der Waals surface area contributed by atoms with Gasteiger partial charge < -0.3 is 5.73 Å². The van der Waals surface area contributed by atoms with Crippen molar-refractivity contribution in [3.63, 3.8) is 0 Å². The van der Waals surface area contributed by atoms with Gasteiger partial charge in [0.15, 0.2) is 0 Å². The molecule has 0 aliphatic rings. The van der Waals surface area contributed by atoms with E-state index in [0.29, 0.717) is 13.1 Å². The van der Waals surface area contributed by atoms with Crippen molar-refractivity contribution in [2.45, 2.75) is 13.0 Å². The summed E-state index contributed by atoms with van der Waals surface area (Å²) in [6.45, 7) is 1.20. The fraction of sp³-hybridized carbons (Fsp3) is 0.250. The van der Waals surface area contributed by atoms with Gasteiger partial charge in [-0.3, -0.25) is 14.8 Å². The van der Waals surface area contributed by atoms with Crippen molar-refractivity contribution < 1.29 is 4.92 Å². The summed E-state index contributed by atoms with van der Waals surface area (Å²) >= 11 is 0. The Balaban J connectivity index is 2.06. The Labute approximate surface area is 104 Å². The van der Waals surface area contributed by atoms with E-state index in [1.54, 1.807) is 23.0 Å². The molecule has 0 aliphatic heterocycles. The van der Waals surface area contributed by atoms with E-state index in [2.05, 4.69) is 5.10 Å². The van der Waals surface area contributed by atoms with Gasteiger partial charge in [-0.25, -0.2) is 0 Å². The number of benzene rings is 1. The van der Waals surface area contributed by atoms with Crippen LogP contribution in [0, 0.1) is 10.1 Å². The molecule has 0 spiro atoms. The highest BCUT2D eigenvalue weighted by Crippen LogP contribution is 2.12. The third kappa shape index (κ3) is 2.92. The predicted octanol–water partition coefficient (Wildman–Crippen LogP) is 1.34. The SMILES string of the molecule is NCCc1cnn(Cc2ccc([N+](=O)[O-])cc2)c1. The van der Waals surface area contributed by atoms with Gasteiger partial charge in [0.2, 0.25) is 0 Å². The molecular weight excluding hydrogens is 232 g/mol. The van der Waals surface area contributed by atoms with Crippen molar-refractivity contribution in [1.29, 1.82) is 0 Å². The summed E-state index contributed by atoms with van der Waals surface area (Å²) in [7, 11) is 0. The molecule has 0 bridgehead atoms. The highest BCUT2D eigenvalue weighted by atomic mass is 16.6. The van der Waals surface area contributed by atoms with Crippen molar-refractivity contribution in [2.75, 3.05) is 6.54 Å². The van der Waals surface area contributed by atoms with E-state index in [4.69, 9.17) is 5.73 Å². The Morgan fingerprint density at radius 2 is 2.00 bits per heavy atom. The van der Waals surface area contributed by atoms with E-state index in [0.717, 1.165) is 17.5 Å². The van der Waals surface area contributed by atoms with Crippen molar-refractivity contribution in [1.82, 2.24) is 9.78 Å². The Kier molecular flexibility index (Phi) is 3.69. The normalized spacial score (nSPS) is 10.5. The zero-order valence-corrected chi connectivity index (χ0v) is 9.82. The second kappa shape index (κ2) is 5.42. The second-order valence-electron chi connectivity index (χ2n) is 4.01. The first-order valence-electron chi connectivity index (χ1n) is 5.64. The van der Waals surface area contributed by atoms with Gasteiger partial charge in [-0.15, -0.1) is 0 Å². The molecule has 2 rings (SSSR count). The van der Waals surface area contributed by atoms with Gasteiger partial charge in [-0.2, -0.15) is 5.10 Å². The lowest BCUT2D eigenvalue weighted by Gasteiger charge is -2.01. The maximum atomic E-state index is 10.5. The first-order chi connectivity index (χ1) is 8.69. The van der Waals surface area contributed by atoms with E-state index in [1.165, 1.54) is 12.1 Å². The second-order valence-corrected chi connectivity index (χ2v) is 4.01. The molecule has 0 aliphatic carbocycles. The average Bonchev–Trinajstić information content (AvgIpc) is 2.78. The maximum absolute atomic E-state index is 10.5. The highest BCUT2D eigenvalue weighted by Gasteiger charge is 2.04. The van der Waals surface area contributed by atoms with Gasteiger partial charge in [0.25, 0.3) is 5.69 Å². The minimum Gasteiger partial charge on any atom is -0.330 e. The maximum Gasteiger partial charge on any atom is 0.269 e. The highest BCUT2D eigenvalue weighted by molar-refractivity contribution is 5.32. The number of hydrogen-bond acceptors (Lipinski definition) is 4. The molecule has 6 heteroatoms. The molecule has 0 amide bonds. The lowest BCUT2D eigenvalue weighted by Crippen LogP contribution is -2.02. The lowest BCUT2D eigenvalue weighted by molar-refractivity contribution is -0.384. The summed E-state index contributed by atoms with van der Waals surface area (Å²) in [5, 5.41) is 14.7. The van der Waals surface area contributed by atoms with Gasteiger partial charge in [0.05, 0.1) is 17.7 Å². The lowest BCUT2D eigenvalue weighted by atomic mass is 10.2. The largest absolute Gasteiger partial charge is 0.330 e. The number of non-ortho nitro benzene ring substituents is 1. The number of nitro benzene ring substituents is 1. The van der Waals surface area contributed by atoms with Crippen LogP contribution in [0.1, 0.15) is 11.1 Å². The van der Waals surface area contributed by atoms with Crippen LogP contribution in [0.2, 0.25) is 0 Å². The molecule has 0 unspecified atom stereocenters. The van der Waals surface area contributed by atoms with Crippen molar-refractivity contribution in [3.8, 4) is 0 Å². The Hall–Kier alpha value is -2.21. The molecule has 0 saturated carbocycles. The summed E-state index contributed by atoms with van der Waals surface area (Å²) < 4.78 is 1.80. The number of hydrogen-bond donors (Lipinski definition) is 1. The minimum absolute atomic E-state index is 0.100. The molecule has 94 valence electrons. The molecule has 1 heterocycles. The molecule has 6 nitrogen and oxygen atoms in total. The molecule has 0 fully saturated rings. The summed E-state index contributed by atoms with van der Waals surface area (Å²) in [5.74, 6) is 0. The number of nitrogens with two attached hydrogens (primary N) is 1. The quantitative estimate of drug-likeness (QED) is 0.637. The fourth-order valence-corrected chi connectivity index (χ4v) is 1.70. The molecule has 0 radical (unpaired) electrons. The van der Waals surface area contributed by atoms with E-state index in [-0.39, 0.29) is 5.69 Å². The van der Waals surface area contributed by atoms with Gasteiger partial charge in [-0.1, -0.05) is 12.1 Å². The molecule has 2 aromatic rings. The molecule has 2 N–H and O–H groups in total. The monoisotopic (exact) mass is 246 g/mol. The van der Waals surface area contributed by atoms with Crippen molar-refractivity contribution in [3.05, 3.63) is 57.9 Å². The number of nitro groups is 1. The van der Waals surface area contributed by atoms with Gasteiger partial charge in [0.1, 0.15) is 0 Å². The molecule has 18 heavy (non-hydrogen) atoms. The van der Waals surface area contributed by atoms with Crippen LogP contribution in [-0.2, 0) is 13.0 Å². The molecule has 1 aromatic carbocycles. The topological polar surface area (TPSA) is 87.0 Å². The predicted molar refractivity (Wildman–Crippen MR) is 67.2 cm³/mol. The Morgan fingerprint density at radius 3 is 2.61 bits per heavy atom. The third-order valence-electron chi connectivity index (χ3n) is 2.61.